The predicted molar refractivity (Wildman–Crippen MR) is 137 cm³/mol. The number of phenolic OH excluding ortho intramolecular Hbond substituents is 1. The van der Waals surface area contributed by atoms with Crippen LogP contribution < -0.4 is 11.1 Å². The molecule has 10 heteroatoms. The summed E-state index contributed by atoms with van der Waals surface area (Å²) >= 11 is 5.98. The van der Waals surface area contributed by atoms with Crippen LogP contribution in [0.25, 0.3) is 17.2 Å². The van der Waals surface area contributed by atoms with Gasteiger partial charge in [0.25, 0.3) is 0 Å². The number of phenols is 1. The number of imidazole rings is 1. The molecule has 3 aromatic heterocycles. The summed E-state index contributed by atoms with van der Waals surface area (Å²) in [4.78, 5) is 31.9. The van der Waals surface area contributed by atoms with Gasteiger partial charge < -0.3 is 20.6 Å². The molecule has 6 rings (SSSR count). The molecule has 9 nitrogen and oxygen atoms in total. The highest BCUT2D eigenvalue weighted by Crippen LogP contribution is 2.46. The molecule has 4 aromatic rings. The van der Waals surface area contributed by atoms with E-state index in [1.807, 2.05) is 16.8 Å². The van der Waals surface area contributed by atoms with E-state index < -0.39 is 5.41 Å². The van der Waals surface area contributed by atoms with Crippen molar-refractivity contribution < 1.29 is 9.90 Å². The first-order valence-electron chi connectivity index (χ1n) is 12.2. The molecule has 36 heavy (non-hydrogen) atoms. The number of fused-ring (bicyclic) bond motifs is 2. The molecule has 1 amide bonds. The van der Waals surface area contributed by atoms with Gasteiger partial charge >= 0.3 is 0 Å². The van der Waals surface area contributed by atoms with Gasteiger partial charge in [-0.05, 0) is 37.0 Å². The van der Waals surface area contributed by atoms with Crippen molar-refractivity contribution in [3.05, 3.63) is 58.6 Å². The molecule has 0 spiro atoms. The molecule has 1 aliphatic heterocycles. The molecular weight excluding hydrogens is 478 g/mol. The number of nitrogen functional groups attached to an aromatic ring is 1. The van der Waals surface area contributed by atoms with Crippen molar-refractivity contribution in [2.24, 2.45) is 5.92 Å². The largest absolute Gasteiger partial charge is 0.506 e. The second kappa shape index (κ2) is 8.44. The van der Waals surface area contributed by atoms with Crippen molar-refractivity contribution in [1.29, 1.82) is 0 Å². The minimum absolute atomic E-state index is 0.115. The fourth-order valence-electron chi connectivity index (χ4n) is 5.53. The Bertz CT molecular complexity index is 1510. The van der Waals surface area contributed by atoms with E-state index in [9.17, 15) is 9.90 Å². The lowest BCUT2D eigenvalue weighted by molar-refractivity contribution is -0.119. The molecule has 4 heterocycles. The summed E-state index contributed by atoms with van der Waals surface area (Å²) in [5, 5.41) is 13.2. The van der Waals surface area contributed by atoms with E-state index in [2.05, 4.69) is 20.3 Å². The third-order valence-electron chi connectivity index (χ3n) is 7.53. The van der Waals surface area contributed by atoms with Gasteiger partial charge in [0.2, 0.25) is 5.91 Å². The van der Waals surface area contributed by atoms with Crippen LogP contribution in [0.15, 0.2) is 36.8 Å². The maximum atomic E-state index is 13.2. The second-order valence-corrected chi connectivity index (χ2v) is 10.2. The molecule has 1 aromatic carbocycles. The van der Waals surface area contributed by atoms with E-state index in [0.29, 0.717) is 34.4 Å². The third-order valence-corrected chi connectivity index (χ3v) is 7.85. The lowest BCUT2D eigenvalue weighted by atomic mass is 9.77. The number of hydrogen-bond acceptors (Lipinski definition) is 7. The smallest absolute Gasteiger partial charge is 0.240 e. The number of halogens is 1. The fraction of sp³-hybridized carbons (Fsp3) is 0.346. The van der Waals surface area contributed by atoms with Gasteiger partial charge in [-0.25, -0.2) is 19.9 Å². The van der Waals surface area contributed by atoms with Gasteiger partial charge in [0.05, 0.1) is 16.3 Å². The Hall–Kier alpha value is -3.72. The van der Waals surface area contributed by atoms with Crippen LogP contribution in [0.1, 0.15) is 55.8 Å². The first-order valence-corrected chi connectivity index (χ1v) is 12.5. The van der Waals surface area contributed by atoms with Gasteiger partial charge in [0.1, 0.15) is 28.5 Å². The van der Waals surface area contributed by atoms with Gasteiger partial charge in [-0.3, -0.25) is 4.79 Å². The standard InChI is InChI=1S/C26H26ClN7O2/c1-26(15-7-8-16(27)19(35)12-15)20-21(28)31-22(32-23(20)33-25(26)36)18-13-34-10-9-29-24(34)17(30-18)11-14-5-3-2-4-6-14/h7-10,12-14,35H,2-6,11H2,1H3,(H3,28,31,32,33,36)/t26-/m0/s1. The van der Waals surface area contributed by atoms with E-state index >= 15 is 0 Å². The molecule has 4 N–H and O–H groups in total. The molecule has 1 saturated carbocycles. The SMILES string of the molecule is C[C@@]1(c2ccc(Cl)c(O)c2)C(=O)Nc2nc(-c3cn4ccnc4c(CC4CCCCC4)n3)nc(N)c21. The normalized spacial score (nSPS) is 20.0. The third kappa shape index (κ3) is 3.57. The van der Waals surface area contributed by atoms with Gasteiger partial charge in [0, 0.05) is 18.6 Å². The van der Waals surface area contributed by atoms with Gasteiger partial charge in [-0.15, -0.1) is 0 Å². The van der Waals surface area contributed by atoms with Crippen LogP contribution in [0.5, 0.6) is 5.75 Å². The molecule has 0 unspecified atom stereocenters. The van der Waals surface area contributed by atoms with Crippen LogP contribution in [-0.2, 0) is 16.6 Å². The van der Waals surface area contributed by atoms with E-state index in [-0.39, 0.29) is 22.5 Å². The van der Waals surface area contributed by atoms with Crippen LogP contribution in [0, 0.1) is 5.92 Å². The average Bonchev–Trinajstić information content (AvgIpc) is 3.44. The number of rotatable bonds is 4. The number of amides is 1. The maximum absolute atomic E-state index is 13.2. The first kappa shape index (κ1) is 22.7. The molecule has 0 saturated heterocycles. The first-order chi connectivity index (χ1) is 17.3. The lowest BCUT2D eigenvalue weighted by Crippen LogP contribution is -2.32. The number of aromatic nitrogens is 5. The Morgan fingerprint density at radius 3 is 2.81 bits per heavy atom. The highest BCUT2D eigenvalue weighted by Gasteiger charge is 2.47. The van der Waals surface area contributed by atoms with Crippen LogP contribution in [0.3, 0.4) is 0 Å². The number of anilines is 2. The Morgan fingerprint density at radius 2 is 2.03 bits per heavy atom. The predicted octanol–water partition coefficient (Wildman–Crippen LogP) is 4.51. The van der Waals surface area contributed by atoms with E-state index in [4.69, 9.17) is 22.3 Å². The summed E-state index contributed by atoms with van der Waals surface area (Å²) < 4.78 is 1.94. The van der Waals surface area contributed by atoms with Crippen LogP contribution >= 0.6 is 11.6 Å². The fourth-order valence-corrected chi connectivity index (χ4v) is 5.64. The number of carbonyl (C=O) groups excluding carboxylic acids is 1. The van der Waals surface area contributed by atoms with Crippen molar-refractivity contribution in [3.63, 3.8) is 0 Å². The average molecular weight is 504 g/mol. The maximum Gasteiger partial charge on any atom is 0.240 e. The summed E-state index contributed by atoms with van der Waals surface area (Å²) in [5.74, 6) is 0.996. The number of hydrogen-bond donors (Lipinski definition) is 3. The number of aromatic hydroxyl groups is 1. The van der Waals surface area contributed by atoms with E-state index in [0.717, 1.165) is 17.8 Å². The molecular formula is C26H26ClN7O2. The molecule has 0 bridgehead atoms. The zero-order valence-electron chi connectivity index (χ0n) is 19.8. The zero-order chi connectivity index (χ0) is 25.0. The Kier molecular flexibility index (Phi) is 5.33. The molecule has 1 atom stereocenters. The summed E-state index contributed by atoms with van der Waals surface area (Å²) in [6.07, 6.45) is 12.5. The lowest BCUT2D eigenvalue weighted by Gasteiger charge is -2.24. The van der Waals surface area contributed by atoms with Crippen molar-refractivity contribution >= 4 is 34.8 Å². The van der Waals surface area contributed by atoms with Crippen LogP contribution in [-0.4, -0.2) is 35.4 Å². The van der Waals surface area contributed by atoms with Crippen molar-refractivity contribution in [2.75, 3.05) is 11.1 Å². The second-order valence-electron chi connectivity index (χ2n) is 9.84. The summed E-state index contributed by atoms with van der Waals surface area (Å²) in [6, 6.07) is 4.71. The van der Waals surface area contributed by atoms with Crippen LogP contribution in [0.4, 0.5) is 11.6 Å². The molecule has 0 radical (unpaired) electrons. The van der Waals surface area contributed by atoms with Gasteiger partial charge in [0.15, 0.2) is 11.5 Å². The van der Waals surface area contributed by atoms with Gasteiger partial charge in [-0.2, -0.15) is 0 Å². The van der Waals surface area contributed by atoms with Crippen molar-refractivity contribution in [3.8, 4) is 17.3 Å². The Morgan fingerprint density at radius 1 is 1.22 bits per heavy atom. The van der Waals surface area contributed by atoms with E-state index in [1.165, 1.54) is 38.2 Å². The Labute approximate surface area is 212 Å². The molecule has 2 aliphatic rings. The number of nitrogens with two attached hydrogens (primary N) is 1. The highest BCUT2D eigenvalue weighted by molar-refractivity contribution is 6.32. The minimum atomic E-state index is -1.19. The highest BCUT2D eigenvalue weighted by atomic mass is 35.5. The monoisotopic (exact) mass is 503 g/mol. The van der Waals surface area contributed by atoms with Crippen molar-refractivity contribution in [2.45, 2.75) is 50.9 Å². The summed E-state index contributed by atoms with van der Waals surface area (Å²) in [5.41, 5.74) is 8.58. The van der Waals surface area contributed by atoms with E-state index in [1.54, 1.807) is 25.3 Å². The quantitative estimate of drug-likeness (QED) is 0.373. The van der Waals surface area contributed by atoms with Crippen LogP contribution in [0.2, 0.25) is 5.02 Å². The topological polar surface area (TPSA) is 131 Å². The number of benzene rings is 1. The number of nitrogens with one attached hydrogen (secondary N) is 1. The number of carbonyl (C=O) groups is 1. The summed E-state index contributed by atoms with van der Waals surface area (Å²) in [6.45, 7) is 1.73. The molecule has 1 aliphatic carbocycles. The molecule has 1 fully saturated rings. The molecule has 184 valence electrons. The van der Waals surface area contributed by atoms with Gasteiger partial charge in [-0.1, -0.05) is 49.8 Å². The Balaban J connectivity index is 1.43. The van der Waals surface area contributed by atoms with Crippen molar-refractivity contribution in [1.82, 2.24) is 24.3 Å². The number of nitrogens with zero attached hydrogens (tertiary/aromatic N) is 5. The zero-order valence-corrected chi connectivity index (χ0v) is 20.6. The minimum Gasteiger partial charge on any atom is -0.506 e. The summed E-state index contributed by atoms with van der Waals surface area (Å²) in [7, 11) is 0.